The summed E-state index contributed by atoms with van der Waals surface area (Å²) in [6.45, 7) is 9.48. The smallest absolute Gasteiger partial charge is 0.382 e. The van der Waals surface area contributed by atoms with Crippen LogP contribution in [0, 0.1) is 17.1 Å². The highest BCUT2D eigenvalue weighted by atomic mass is 28.3. The number of carbonyl (C=O) groups is 1. The highest BCUT2D eigenvalue weighted by Gasteiger charge is 2.49. The van der Waals surface area contributed by atoms with Gasteiger partial charge in [-0.1, -0.05) is 19.6 Å². The van der Waals surface area contributed by atoms with Crippen molar-refractivity contribution in [2.24, 2.45) is 0 Å². The second-order valence-corrected chi connectivity index (χ2v) is 19.6. The number of rotatable bonds is 10. The number of nitrogens with zero attached hydrogens (tertiary/aromatic N) is 9. The molecule has 0 aromatic carbocycles. The third-order valence-corrected chi connectivity index (χ3v) is 11.0. The zero-order chi connectivity index (χ0) is 35.1. The van der Waals surface area contributed by atoms with Gasteiger partial charge in [0.15, 0.2) is 17.3 Å². The summed E-state index contributed by atoms with van der Waals surface area (Å²) < 4.78 is 63.6. The van der Waals surface area contributed by atoms with Gasteiger partial charge >= 0.3 is 6.18 Å². The van der Waals surface area contributed by atoms with Crippen molar-refractivity contribution in [2.75, 3.05) is 38.5 Å². The second kappa shape index (κ2) is 13.1. The second-order valence-electron chi connectivity index (χ2n) is 14.0. The van der Waals surface area contributed by atoms with E-state index in [1.807, 2.05) is 23.0 Å². The number of halogens is 4. The molecule has 17 heteroatoms. The number of nitrogens with two attached hydrogens (primary N) is 1. The Morgan fingerprint density at radius 2 is 1.90 bits per heavy atom. The maximum atomic E-state index is 14.6. The maximum Gasteiger partial charge on any atom is 0.436 e. The molecular formula is C32H38F4N10O2Si. The van der Waals surface area contributed by atoms with Crippen LogP contribution in [0.5, 0.6) is 0 Å². The van der Waals surface area contributed by atoms with Crippen LogP contribution in [-0.2, 0) is 23.2 Å². The first-order chi connectivity index (χ1) is 23.2. The van der Waals surface area contributed by atoms with E-state index in [9.17, 15) is 27.6 Å². The zero-order valence-corrected chi connectivity index (χ0v) is 28.5. The van der Waals surface area contributed by atoms with E-state index in [4.69, 9.17) is 10.5 Å². The van der Waals surface area contributed by atoms with Crippen LogP contribution in [0.3, 0.4) is 0 Å². The normalized spacial score (nSPS) is 17.3. The van der Waals surface area contributed by atoms with E-state index in [0.29, 0.717) is 56.2 Å². The lowest BCUT2D eigenvalue weighted by atomic mass is 9.83. The van der Waals surface area contributed by atoms with Gasteiger partial charge in [-0.05, 0) is 31.0 Å². The molecule has 2 aliphatic heterocycles. The molecule has 4 aromatic rings. The van der Waals surface area contributed by atoms with Crippen LogP contribution in [0.25, 0.3) is 22.3 Å². The Morgan fingerprint density at radius 1 is 1.16 bits per heavy atom. The number of nitrogen functional groups attached to an aromatic ring is 1. The van der Waals surface area contributed by atoms with Crippen molar-refractivity contribution in [1.29, 1.82) is 5.26 Å². The summed E-state index contributed by atoms with van der Waals surface area (Å²) in [4.78, 5) is 28.6. The third kappa shape index (κ3) is 6.90. The van der Waals surface area contributed by atoms with Crippen LogP contribution in [-0.4, -0.2) is 91.9 Å². The molecule has 0 aliphatic carbocycles. The Hall–Kier alpha value is -4.40. The zero-order valence-electron chi connectivity index (χ0n) is 27.5. The molecule has 0 atom stereocenters. The topological polar surface area (TPSA) is 144 Å². The Morgan fingerprint density at radius 3 is 2.57 bits per heavy atom. The van der Waals surface area contributed by atoms with Crippen molar-refractivity contribution >= 4 is 30.8 Å². The van der Waals surface area contributed by atoms with Crippen molar-refractivity contribution in [3.63, 3.8) is 0 Å². The van der Waals surface area contributed by atoms with E-state index in [1.54, 1.807) is 4.68 Å². The van der Waals surface area contributed by atoms with Gasteiger partial charge in [-0.2, -0.15) is 23.5 Å². The van der Waals surface area contributed by atoms with E-state index in [0.717, 1.165) is 23.7 Å². The summed E-state index contributed by atoms with van der Waals surface area (Å²) in [7, 11) is -1.21. The molecule has 49 heavy (non-hydrogen) atoms. The average Bonchev–Trinajstić information content (AvgIpc) is 3.63. The highest BCUT2D eigenvalue weighted by Crippen LogP contribution is 2.39. The van der Waals surface area contributed by atoms with E-state index < -0.39 is 42.8 Å². The first-order valence-corrected chi connectivity index (χ1v) is 19.8. The van der Waals surface area contributed by atoms with Crippen LogP contribution in [0.1, 0.15) is 35.3 Å². The molecular weight excluding hydrogens is 660 g/mol. The quantitative estimate of drug-likeness (QED) is 0.138. The molecule has 12 nitrogen and oxygen atoms in total. The van der Waals surface area contributed by atoms with Gasteiger partial charge in [-0.15, -0.1) is 0 Å². The van der Waals surface area contributed by atoms with E-state index in [-0.39, 0.29) is 31.4 Å². The molecule has 0 unspecified atom stereocenters. The molecule has 0 radical (unpaired) electrons. The number of hydrogen-bond donors (Lipinski definition) is 1. The lowest BCUT2D eigenvalue weighted by Gasteiger charge is -2.53. The number of alkyl halides is 3. The van der Waals surface area contributed by atoms with Gasteiger partial charge in [0.25, 0.3) is 5.91 Å². The highest BCUT2D eigenvalue weighted by molar-refractivity contribution is 6.76. The molecule has 0 spiro atoms. The summed E-state index contributed by atoms with van der Waals surface area (Å²) >= 11 is 0. The molecule has 6 rings (SSSR count). The van der Waals surface area contributed by atoms with Crippen LogP contribution in [0.2, 0.25) is 25.7 Å². The minimum Gasteiger partial charge on any atom is -0.382 e. The molecule has 2 fully saturated rings. The Balaban J connectivity index is 1.12. The predicted octanol–water partition coefficient (Wildman–Crippen LogP) is 4.97. The lowest BCUT2D eigenvalue weighted by molar-refractivity contribution is -0.143. The lowest BCUT2D eigenvalue weighted by Crippen LogP contribution is -2.66. The summed E-state index contributed by atoms with van der Waals surface area (Å²) in [6, 6.07) is 6.31. The average molecular weight is 699 g/mol. The largest absolute Gasteiger partial charge is 0.436 e. The molecule has 2 N–H and O–H groups in total. The van der Waals surface area contributed by atoms with Crippen molar-refractivity contribution < 1.29 is 27.1 Å². The molecule has 1 amide bonds. The molecule has 4 aromatic heterocycles. The molecule has 6 heterocycles. The predicted molar refractivity (Wildman–Crippen MR) is 175 cm³/mol. The summed E-state index contributed by atoms with van der Waals surface area (Å²) in [5.41, 5.74) is 5.43. The van der Waals surface area contributed by atoms with Gasteiger partial charge in [-0.3, -0.25) is 14.4 Å². The number of ether oxygens (including phenoxy) is 1. The number of likely N-dealkylation sites (tertiary alicyclic amines) is 2. The number of carbonyl (C=O) groups excluding carboxylic acids is 1. The third-order valence-electron chi connectivity index (χ3n) is 9.33. The summed E-state index contributed by atoms with van der Waals surface area (Å²) in [5.74, 6) is -2.18. The summed E-state index contributed by atoms with van der Waals surface area (Å²) in [6.07, 6.45) is 2.28. The fourth-order valence-electron chi connectivity index (χ4n) is 6.54. The van der Waals surface area contributed by atoms with Crippen LogP contribution in [0.15, 0.2) is 37.1 Å². The Kier molecular flexibility index (Phi) is 9.24. The molecule has 260 valence electrons. The van der Waals surface area contributed by atoms with E-state index in [2.05, 4.69) is 50.7 Å². The standard InChI is InChI=1S/C32H38F4N10O2Si/c1-49(2,3)15-14-48-20-44-13-7-23-26(40-19-41-29(23)44)24-16-46(42-28(24)38)31(8-9-37)17-45(18-31)21-5-11-43(12-6-21)30(47)22-4-10-39-27(25(22)33)32(34,35)36/h4,7,10,13,16,19,21H,5-6,8,11-12,14-15,17-18,20H2,1-3H3,(H2,38,42). The fourth-order valence-corrected chi connectivity index (χ4v) is 7.30. The van der Waals surface area contributed by atoms with Gasteiger partial charge in [0.05, 0.1) is 29.3 Å². The number of anilines is 1. The Bertz CT molecular complexity index is 1880. The number of amides is 1. The van der Waals surface area contributed by atoms with Crippen LogP contribution in [0.4, 0.5) is 23.4 Å². The van der Waals surface area contributed by atoms with E-state index >= 15 is 0 Å². The number of aromatic nitrogens is 6. The minimum atomic E-state index is -5.00. The number of fused-ring (bicyclic) bond motifs is 1. The number of nitriles is 1. The molecule has 0 bridgehead atoms. The van der Waals surface area contributed by atoms with Gasteiger partial charge < -0.3 is 19.9 Å². The molecule has 0 saturated carbocycles. The summed E-state index contributed by atoms with van der Waals surface area (Å²) in [5, 5.41) is 15.2. The number of pyridine rings is 1. The number of piperidine rings is 1. The first-order valence-electron chi connectivity index (χ1n) is 16.1. The van der Waals surface area contributed by atoms with Crippen molar-refractivity contribution in [3.8, 4) is 17.3 Å². The van der Waals surface area contributed by atoms with Gasteiger partial charge in [0, 0.05) is 70.9 Å². The van der Waals surface area contributed by atoms with Gasteiger partial charge in [0.2, 0.25) is 0 Å². The maximum absolute atomic E-state index is 14.6. The SMILES string of the molecule is C[Si](C)(C)CCOCn1ccc2c(-c3cn(C4(CC#N)CN(C5CCN(C(=O)c6ccnc(C(F)(F)F)c6F)CC5)C4)nc3N)ncnc21. The monoisotopic (exact) mass is 698 g/mol. The van der Waals surface area contributed by atoms with Crippen LogP contribution < -0.4 is 5.73 Å². The Labute approximate surface area is 281 Å². The van der Waals surface area contributed by atoms with E-state index in [1.165, 1.54) is 11.2 Å². The number of hydrogen-bond acceptors (Lipinski definition) is 9. The first kappa shape index (κ1) is 34.5. The van der Waals surface area contributed by atoms with Gasteiger partial charge in [-0.25, -0.2) is 19.3 Å². The van der Waals surface area contributed by atoms with Crippen molar-refractivity contribution in [1.82, 2.24) is 39.1 Å². The fraction of sp³-hybridized carbons (Fsp3) is 0.500. The van der Waals surface area contributed by atoms with Crippen LogP contribution >= 0.6 is 0 Å². The van der Waals surface area contributed by atoms with Gasteiger partial charge in [0.1, 0.15) is 24.2 Å². The molecule has 2 aliphatic rings. The van der Waals surface area contributed by atoms with Crippen molar-refractivity contribution in [3.05, 3.63) is 54.1 Å². The minimum absolute atomic E-state index is 0.0606. The van der Waals surface area contributed by atoms with Crippen molar-refractivity contribution in [2.45, 2.75) is 69.4 Å². The molecule has 2 saturated heterocycles.